The molecule has 32 heavy (non-hydrogen) atoms. The maximum absolute atomic E-state index is 13.9. The number of carbonyl (C=O) groups excluding carboxylic acids is 1. The van der Waals surface area contributed by atoms with Gasteiger partial charge in [-0.25, -0.2) is 9.18 Å². The molecule has 4 nitrogen and oxygen atoms in total. The van der Waals surface area contributed by atoms with E-state index < -0.39 is 11.2 Å². The molecule has 2 aromatic rings. The van der Waals surface area contributed by atoms with Gasteiger partial charge in [0.25, 0.3) is 0 Å². The summed E-state index contributed by atoms with van der Waals surface area (Å²) >= 11 is 0. The van der Waals surface area contributed by atoms with E-state index in [4.69, 9.17) is 0 Å². The number of allylic oxidation sites excluding steroid dienone is 3. The molecule has 0 aliphatic carbocycles. The number of carbonyl (C=O) groups is 1. The number of halogens is 1. The van der Waals surface area contributed by atoms with Crippen molar-refractivity contribution in [2.45, 2.75) is 57.8 Å². The number of pyridine rings is 1. The van der Waals surface area contributed by atoms with Crippen LogP contribution in [0, 0.1) is 0 Å². The number of rotatable bonds is 10. The Morgan fingerprint density at radius 3 is 2.41 bits per heavy atom. The summed E-state index contributed by atoms with van der Waals surface area (Å²) in [7, 11) is 0. The van der Waals surface area contributed by atoms with Gasteiger partial charge < -0.3 is 10.6 Å². The molecule has 1 aromatic heterocycles. The molecule has 0 radical (unpaired) electrons. The summed E-state index contributed by atoms with van der Waals surface area (Å²) in [4.78, 5) is 17.5. The highest BCUT2D eigenvalue weighted by Gasteiger charge is 2.38. The summed E-state index contributed by atoms with van der Waals surface area (Å²) in [5.41, 5.74) is 0.208. The number of amides is 2. The minimum atomic E-state index is -1.30. The monoisotopic (exact) mass is 435 g/mol. The van der Waals surface area contributed by atoms with Gasteiger partial charge in [0.15, 0.2) is 0 Å². The van der Waals surface area contributed by atoms with Crippen LogP contribution in [0.1, 0.15) is 45.4 Å². The molecule has 5 heteroatoms. The zero-order valence-electron chi connectivity index (χ0n) is 19.4. The lowest BCUT2D eigenvalue weighted by molar-refractivity contribution is 0.221. The van der Waals surface area contributed by atoms with Crippen molar-refractivity contribution in [1.29, 1.82) is 0 Å². The van der Waals surface area contributed by atoms with Crippen LogP contribution in [-0.4, -0.2) is 22.7 Å². The number of benzene rings is 1. The SMILES string of the molecule is C=C/C(=C\C=C/CC(C)(C)F)C(Cc1ccccc1)(NC(=O)NC(C)C)c1ccccn1. The molecule has 170 valence electrons. The number of nitrogens with zero attached hydrogens (tertiary/aromatic N) is 1. The van der Waals surface area contributed by atoms with E-state index in [0.717, 1.165) is 11.1 Å². The van der Waals surface area contributed by atoms with Gasteiger partial charge in [0, 0.05) is 18.7 Å². The predicted octanol–water partition coefficient (Wildman–Crippen LogP) is 6.03. The van der Waals surface area contributed by atoms with Gasteiger partial charge in [0.1, 0.15) is 11.2 Å². The molecular weight excluding hydrogens is 401 g/mol. The second kappa shape index (κ2) is 11.4. The number of hydrogen-bond acceptors (Lipinski definition) is 2. The van der Waals surface area contributed by atoms with E-state index in [0.29, 0.717) is 12.1 Å². The number of urea groups is 1. The molecular formula is C27H34FN3O. The lowest BCUT2D eigenvalue weighted by atomic mass is 9.79. The maximum Gasteiger partial charge on any atom is 0.316 e. The number of aromatic nitrogens is 1. The first kappa shape index (κ1) is 25.1. The Morgan fingerprint density at radius 1 is 1.16 bits per heavy atom. The average Bonchev–Trinajstić information content (AvgIpc) is 2.73. The predicted molar refractivity (Wildman–Crippen MR) is 130 cm³/mol. The van der Waals surface area contributed by atoms with Crippen LogP contribution in [0.5, 0.6) is 0 Å². The summed E-state index contributed by atoms with van der Waals surface area (Å²) < 4.78 is 13.9. The fourth-order valence-electron chi connectivity index (χ4n) is 3.43. The van der Waals surface area contributed by atoms with Crippen LogP contribution in [0.15, 0.2) is 91.2 Å². The van der Waals surface area contributed by atoms with Crippen LogP contribution in [0.2, 0.25) is 0 Å². The minimum Gasteiger partial charge on any atom is -0.336 e. The first-order chi connectivity index (χ1) is 15.2. The van der Waals surface area contributed by atoms with Crippen molar-refractivity contribution in [3.8, 4) is 0 Å². The molecule has 1 atom stereocenters. The van der Waals surface area contributed by atoms with Crippen LogP contribution in [-0.2, 0) is 12.0 Å². The van der Waals surface area contributed by atoms with Gasteiger partial charge >= 0.3 is 6.03 Å². The fraction of sp³-hybridized carbons (Fsp3) is 0.333. The molecule has 0 bridgehead atoms. The quantitative estimate of drug-likeness (QED) is 0.448. The van der Waals surface area contributed by atoms with Gasteiger partial charge in [-0.05, 0) is 57.4 Å². The second-order valence-electron chi connectivity index (χ2n) is 8.71. The number of hydrogen-bond donors (Lipinski definition) is 2. The standard InChI is InChI=1S/C27H34FN3O/c1-6-23(16-10-12-18-26(4,5)28)27(24-17-11-13-19-29-24,31-25(32)30-21(2)3)20-22-14-8-7-9-15-22/h6-17,19,21H,1,18,20H2,2-5H3,(H2,30,31,32)/b12-10-,23-16+. The summed E-state index contributed by atoms with van der Waals surface area (Å²) in [6.45, 7) is 10.9. The molecule has 1 heterocycles. The molecule has 1 unspecified atom stereocenters. The lowest BCUT2D eigenvalue weighted by Gasteiger charge is -2.36. The van der Waals surface area contributed by atoms with E-state index in [2.05, 4.69) is 22.2 Å². The van der Waals surface area contributed by atoms with Gasteiger partial charge in [0.05, 0.1) is 5.69 Å². The van der Waals surface area contributed by atoms with Crippen LogP contribution in [0.4, 0.5) is 9.18 Å². The first-order valence-corrected chi connectivity index (χ1v) is 10.9. The molecule has 0 aliphatic heterocycles. The Kier molecular flexibility index (Phi) is 8.94. The Morgan fingerprint density at radius 2 is 1.84 bits per heavy atom. The lowest BCUT2D eigenvalue weighted by Crippen LogP contribution is -2.53. The average molecular weight is 436 g/mol. The van der Waals surface area contributed by atoms with Gasteiger partial charge in [-0.3, -0.25) is 4.98 Å². The van der Waals surface area contributed by atoms with Crippen molar-refractivity contribution < 1.29 is 9.18 Å². The third kappa shape index (κ3) is 7.49. The second-order valence-corrected chi connectivity index (χ2v) is 8.71. The summed E-state index contributed by atoms with van der Waals surface area (Å²) in [6.07, 6.45) is 9.64. The van der Waals surface area contributed by atoms with Crippen molar-refractivity contribution in [1.82, 2.24) is 15.6 Å². The highest BCUT2D eigenvalue weighted by molar-refractivity contribution is 5.76. The molecule has 2 N–H and O–H groups in total. The first-order valence-electron chi connectivity index (χ1n) is 10.9. The van der Waals surface area contributed by atoms with Crippen molar-refractivity contribution in [2.24, 2.45) is 0 Å². The molecule has 0 fully saturated rings. The van der Waals surface area contributed by atoms with Gasteiger partial charge in [-0.1, -0.05) is 67.3 Å². The Balaban J connectivity index is 2.61. The fourth-order valence-corrected chi connectivity index (χ4v) is 3.43. The van der Waals surface area contributed by atoms with E-state index in [-0.39, 0.29) is 18.5 Å². The minimum absolute atomic E-state index is 0.0315. The van der Waals surface area contributed by atoms with Crippen molar-refractivity contribution in [2.75, 3.05) is 0 Å². The largest absolute Gasteiger partial charge is 0.336 e. The smallest absolute Gasteiger partial charge is 0.316 e. The molecule has 2 rings (SSSR count). The number of alkyl halides is 1. The Hall–Kier alpha value is -3.21. The van der Waals surface area contributed by atoms with Crippen molar-refractivity contribution in [3.05, 3.63) is 102 Å². The van der Waals surface area contributed by atoms with E-state index in [9.17, 15) is 9.18 Å². The van der Waals surface area contributed by atoms with E-state index >= 15 is 0 Å². The van der Waals surface area contributed by atoms with Crippen LogP contribution >= 0.6 is 0 Å². The van der Waals surface area contributed by atoms with Crippen molar-refractivity contribution >= 4 is 6.03 Å². The Labute approximate surface area is 191 Å². The third-order valence-electron chi connectivity index (χ3n) is 4.89. The Bertz CT molecular complexity index is 930. The summed E-state index contributed by atoms with van der Waals surface area (Å²) in [5, 5.41) is 6.09. The van der Waals surface area contributed by atoms with Crippen LogP contribution < -0.4 is 10.6 Å². The zero-order valence-corrected chi connectivity index (χ0v) is 19.4. The molecule has 0 saturated heterocycles. The maximum atomic E-state index is 13.9. The normalized spacial score (nSPS) is 14.2. The number of nitrogens with one attached hydrogen (secondary N) is 2. The molecule has 2 amide bonds. The zero-order chi connectivity index (χ0) is 23.6. The van der Waals surface area contributed by atoms with E-state index in [1.807, 2.05) is 74.5 Å². The van der Waals surface area contributed by atoms with Crippen LogP contribution in [0.25, 0.3) is 0 Å². The summed E-state index contributed by atoms with van der Waals surface area (Å²) in [6, 6.07) is 15.2. The van der Waals surface area contributed by atoms with Crippen LogP contribution in [0.3, 0.4) is 0 Å². The van der Waals surface area contributed by atoms with Gasteiger partial charge in [0.2, 0.25) is 0 Å². The van der Waals surface area contributed by atoms with Gasteiger partial charge in [-0.2, -0.15) is 0 Å². The molecule has 0 saturated carbocycles. The highest BCUT2D eigenvalue weighted by atomic mass is 19.1. The molecule has 0 spiro atoms. The van der Waals surface area contributed by atoms with Gasteiger partial charge in [-0.15, -0.1) is 0 Å². The van der Waals surface area contributed by atoms with E-state index in [1.54, 1.807) is 32.2 Å². The third-order valence-corrected chi connectivity index (χ3v) is 4.89. The summed E-state index contributed by atoms with van der Waals surface area (Å²) in [5.74, 6) is 0. The molecule has 0 aliphatic rings. The van der Waals surface area contributed by atoms with E-state index in [1.165, 1.54) is 0 Å². The topological polar surface area (TPSA) is 54.0 Å². The van der Waals surface area contributed by atoms with Crippen molar-refractivity contribution in [3.63, 3.8) is 0 Å². The highest BCUT2D eigenvalue weighted by Crippen LogP contribution is 2.33. The molecule has 1 aromatic carbocycles.